The Morgan fingerprint density at radius 2 is 1.77 bits per heavy atom. The molecule has 0 aliphatic carbocycles. The number of rotatable bonds is 2. The number of carbonyl (C=O) groups is 2. The number of carbonyl (C=O) groups excluding carboxylic acids is 1. The fraction of sp³-hybridized carbons (Fsp3) is 0.750. The summed E-state index contributed by atoms with van der Waals surface area (Å²) >= 11 is 0. The van der Waals surface area contributed by atoms with E-state index in [4.69, 9.17) is 5.11 Å². The Balaban J connectivity index is 3.96. The predicted octanol–water partition coefficient (Wildman–Crippen LogP) is 0.557. The minimum absolute atomic E-state index is 0.359. The SMILES string of the molecule is C[C@H](NC(=O)NC(C)(C)C)C(=O)O. The van der Waals surface area contributed by atoms with Gasteiger partial charge in [-0.15, -0.1) is 0 Å². The molecule has 5 heteroatoms. The molecule has 13 heavy (non-hydrogen) atoms. The van der Waals surface area contributed by atoms with Gasteiger partial charge in [0, 0.05) is 5.54 Å². The highest BCUT2D eigenvalue weighted by atomic mass is 16.4. The third kappa shape index (κ3) is 5.95. The summed E-state index contributed by atoms with van der Waals surface area (Å²) in [5.74, 6) is -1.05. The van der Waals surface area contributed by atoms with E-state index in [1.54, 1.807) is 0 Å². The van der Waals surface area contributed by atoms with Crippen molar-refractivity contribution >= 4 is 12.0 Å². The number of urea groups is 1. The van der Waals surface area contributed by atoms with E-state index in [2.05, 4.69) is 10.6 Å². The number of hydrogen-bond acceptors (Lipinski definition) is 2. The lowest BCUT2D eigenvalue weighted by Gasteiger charge is -2.21. The average molecular weight is 188 g/mol. The zero-order valence-electron chi connectivity index (χ0n) is 8.34. The van der Waals surface area contributed by atoms with Crippen molar-refractivity contribution in [2.24, 2.45) is 0 Å². The van der Waals surface area contributed by atoms with Gasteiger partial charge in [-0.2, -0.15) is 0 Å². The van der Waals surface area contributed by atoms with E-state index < -0.39 is 18.0 Å². The van der Waals surface area contributed by atoms with Crippen LogP contribution in [0.3, 0.4) is 0 Å². The van der Waals surface area contributed by atoms with Crippen molar-refractivity contribution in [2.45, 2.75) is 39.3 Å². The molecule has 0 aliphatic rings. The van der Waals surface area contributed by atoms with Gasteiger partial charge in [0.25, 0.3) is 0 Å². The molecular weight excluding hydrogens is 172 g/mol. The van der Waals surface area contributed by atoms with E-state index in [1.807, 2.05) is 20.8 Å². The van der Waals surface area contributed by atoms with Gasteiger partial charge in [-0.3, -0.25) is 4.79 Å². The molecule has 1 atom stereocenters. The van der Waals surface area contributed by atoms with Gasteiger partial charge in [-0.05, 0) is 27.7 Å². The van der Waals surface area contributed by atoms with Gasteiger partial charge in [0.05, 0.1) is 0 Å². The van der Waals surface area contributed by atoms with Crippen LogP contribution in [0.25, 0.3) is 0 Å². The second kappa shape index (κ2) is 4.11. The number of hydrogen-bond donors (Lipinski definition) is 3. The maximum atomic E-state index is 11.1. The molecule has 0 aliphatic heterocycles. The summed E-state index contributed by atoms with van der Waals surface area (Å²) in [5, 5.41) is 13.4. The smallest absolute Gasteiger partial charge is 0.325 e. The largest absolute Gasteiger partial charge is 0.480 e. The fourth-order valence-corrected chi connectivity index (χ4v) is 0.635. The molecule has 0 saturated heterocycles. The second-order valence-electron chi connectivity index (χ2n) is 3.91. The number of carboxylic acid groups (broad SMARTS) is 1. The Hall–Kier alpha value is -1.26. The molecule has 0 heterocycles. The summed E-state index contributed by atoms with van der Waals surface area (Å²) in [6.45, 7) is 6.86. The molecule has 0 radical (unpaired) electrons. The van der Waals surface area contributed by atoms with Crippen molar-refractivity contribution in [1.82, 2.24) is 10.6 Å². The van der Waals surface area contributed by atoms with Gasteiger partial charge in [0.2, 0.25) is 0 Å². The first kappa shape index (κ1) is 11.7. The van der Waals surface area contributed by atoms with Crippen molar-refractivity contribution in [2.75, 3.05) is 0 Å². The van der Waals surface area contributed by atoms with Crippen molar-refractivity contribution in [3.8, 4) is 0 Å². The standard InChI is InChI=1S/C8H16N2O3/c1-5(6(11)12)9-7(13)10-8(2,3)4/h5H,1-4H3,(H,11,12)(H2,9,10,13)/t5-/m0/s1. The number of aliphatic carboxylic acids is 1. The second-order valence-corrected chi connectivity index (χ2v) is 3.91. The fourth-order valence-electron chi connectivity index (χ4n) is 0.635. The molecule has 5 nitrogen and oxygen atoms in total. The molecule has 0 aromatic carbocycles. The highest BCUT2D eigenvalue weighted by Crippen LogP contribution is 1.97. The molecule has 0 aromatic heterocycles. The van der Waals surface area contributed by atoms with Crippen molar-refractivity contribution < 1.29 is 14.7 Å². The Kier molecular flexibility index (Phi) is 3.71. The average Bonchev–Trinajstić information content (AvgIpc) is 1.81. The Morgan fingerprint density at radius 1 is 1.31 bits per heavy atom. The monoisotopic (exact) mass is 188 g/mol. The van der Waals surface area contributed by atoms with Crippen molar-refractivity contribution in [3.63, 3.8) is 0 Å². The molecule has 0 unspecified atom stereocenters. The molecule has 0 aromatic rings. The number of nitrogens with one attached hydrogen (secondary N) is 2. The topological polar surface area (TPSA) is 78.4 Å². The van der Waals surface area contributed by atoms with Crippen LogP contribution in [-0.2, 0) is 4.79 Å². The molecule has 3 N–H and O–H groups in total. The van der Waals surface area contributed by atoms with Gasteiger partial charge >= 0.3 is 12.0 Å². The summed E-state index contributed by atoms with van der Waals surface area (Å²) in [4.78, 5) is 21.4. The Bertz CT molecular complexity index is 208. The molecule has 76 valence electrons. The maximum Gasteiger partial charge on any atom is 0.325 e. The summed E-state index contributed by atoms with van der Waals surface area (Å²) in [7, 11) is 0. The summed E-state index contributed by atoms with van der Waals surface area (Å²) < 4.78 is 0. The van der Waals surface area contributed by atoms with Gasteiger partial charge < -0.3 is 15.7 Å². The minimum atomic E-state index is -1.05. The third-order valence-corrected chi connectivity index (χ3v) is 1.21. The zero-order chi connectivity index (χ0) is 10.6. The van der Waals surface area contributed by atoms with E-state index >= 15 is 0 Å². The first-order valence-corrected chi connectivity index (χ1v) is 4.04. The summed E-state index contributed by atoms with van der Waals surface area (Å²) in [6.07, 6.45) is 0. The van der Waals surface area contributed by atoms with Crippen LogP contribution in [-0.4, -0.2) is 28.7 Å². The van der Waals surface area contributed by atoms with E-state index in [0.717, 1.165) is 0 Å². The van der Waals surface area contributed by atoms with Gasteiger partial charge in [0.1, 0.15) is 6.04 Å². The lowest BCUT2D eigenvalue weighted by atomic mass is 10.1. The number of carboxylic acids is 1. The molecule has 2 amide bonds. The van der Waals surface area contributed by atoms with Crippen LogP contribution in [0, 0.1) is 0 Å². The van der Waals surface area contributed by atoms with E-state index in [1.165, 1.54) is 6.92 Å². The van der Waals surface area contributed by atoms with Gasteiger partial charge in [0.15, 0.2) is 0 Å². The van der Waals surface area contributed by atoms with Crippen molar-refractivity contribution in [1.29, 1.82) is 0 Å². The summed E-state index contributed by atoms with van der Waals surface area (Å²) in [5.41, 5.74) is -0.359. The van der Waals surface area contributed by atoms with Crippen LogP contribution < -0.4 is 10.6 Å². The van der Waals surface area contributed by atoms with Crippen LogP contribution in [0.2, 0.25) is 0 Å². The highest BCUT2D eigenvalue weighted by molar-refractivity contribution is 5.82. The van der Waals surface area contributed by atoms with E-state index in [0.29, 0.717) is 0 Å². The van der Waals surface area contributed by atoms with Crippen molar-refractivity contribution in [3.05, 3.63) is 0 Å². The third-order valence-electron chi connectivity index (χ3n) is 1.21. The zero-order valence-corrected chi connectivity index (χ0v) is 8.34. The molecule has 0 bridgehead atoms. The Morgan fingerprint density at radius 3 is 2.08 bits per heavy atom. The van der Waals surface area contributed by atoms with Crippen LogP contribution in [0.15, 0.2) is 0 Å². The lowest BCUT2D eigenvalue weighted by Crippen LogP contribution is -2.50. The van der Waals surface area contributed by atoms with Gasteiger partial charge in [-0.25, -0.2) is 4.79 Å². The predicted molar refractivity (Wildman–Crippen MR) is 48.5 cm³/mol. The lowest BCUT2D eigenvalue weighted by molar-refractivity contribution is -0.138. The maximum absolute atomic E-state index is 11.1. The van der Waals surface area contributed by atoms with Gasteiger partial charge in [-0.1, -0.05) is 0 Å². The molecule has 0 rings (SSSR count). The van der Waals surface area contributed by atoms with Crippen LogP contribution in [0.5, 0.6) is 0 Å². The normalized spacial score (nSPS) is 13.2. The highest BCUT2D eigenvalue weighted by Gasteiger charge is 2.17. The molecule has 0 fully saturated rings. The first-order valence-electron chi connectivity index (χ1n) is 4.04. The van der Waals surface area contributed by atoms with E-state index in [9.17, 15) is 9.59 Å². The minimum Gasteiger partial charge on any atom is -0.480 e. The summed E-state index contributed by atoms with van der Waals surface area (Å²) in [6, 6.07) is -1.34. The number of amides is 2. The van der Waals surface area contributed by atoms with E-state index in [-0.39, 0.29) is 5.54 Å². The quantitative estimate of drug-likeness (QED) is 0.592. The molecule has 0 spiro atoms. The molecular formula is C8H16N2O3. The Labute approximate surface area is 77.5 Å². The van der Waals surface area contributed by atoms with Crippen LogP contribution in [0.1, 0.15) is 27.7 Å². The molecule has 0 saturated carbocycles. The van der Waals surface area contributed by atoms with Crippen LogP contribution >= 0.6 is 0 Å². The first-order chi connectivity index (χ1) is 5.72. The van der Waals surface area contributed by atoms with Crippen LogP contribution in [0.4, 0.5) is 4.79 Å².